The molecule has 0 saturated heterocycles. The summed E-state index contributed by atoms with van der Waals surface area (Å²) in [5, 5.41) is 7.26. The normalized spacial score (nSPS) is 10.6. The van der Waals surface area contributed by atoms with E-state index in [-0.39, 0.29) is 12.3 Å². The van der Waals surface area contributed by atoms with Crippen LogP contribution in [0.5, 0.6) is 5.75 Å². The Morgan fingerprint density at radius 3 is 2.42 bits per heavy atom. The molecule has 0 aliphatic carbocycles. The van der Waals surface area contributed by atoms with Gasteiger partial charge in [-0.3, -0.25) is 9.59 Å². The molecule has 33 heavy (non-hydrogen) atoms. The number of carbonyl (C=O) groups excluding carboxylic acids is 3. The number of nitrogens with one attached hydrogen (secondary N) is 2. The second kappa shape index (κ2) is 11.6. The summed E-state index contributed by atoms with van der Waals surface area (Å²) in [6.07, 6.45) is 1.33. The minimum Gasteiger partial charge on any atom is -0.422 e. The van der Waals surface area contributed by atoms with Crippen molar-refractivity contribution in [2.45, 2.75) is 0 Å². The second-order valence-corrected chi connectivity index (χ2v) is 8.35. The molecule has 0 unspecified atom stereocenters. The molecule has 3 aromatic rings. The molecule has 0 spiro atoms. The van der Waals surface area contributed by atoms with Gasteiger partial charge >= 0.3 is 5.97 Å². The van der Waals surface area contributed by atoms with E-state index in [1.807, 2.05) is 0 Å². The van der Waals surface area contributed by atoms with Crippen molar-refractivity contribution >= 4 is 63.1 Å². The van der Waals surface area contributed by atoms with Crippen molar-refractivity contribution in [1.29, 1.82) is 0 Å². The van der Waals surface area contributed by atoms with Crippen LogP contribution in [0.25, 0.3) is 0 Å². The number of nitrogens with zero attached hydrogens (tertiary/aromatic N) is 1. The highest BCUT2D eigenvalue weighted by molar-refractivity contribution is 9.10. The Labute approximate surface area is 207 Å². The van der Waals surface area contributed by atoms with Gasteiger partial charge in [0.15, 0.2) is 0 Å². The number of halogens is 3. The van der Waals surface area contributed by atoms with Crippen LogP contribution in [0.15, 0.2) is 76.3 Å². The van der Waals surface area contributed by atoms with Gasteiger partial charge in [-0.15, -0.1) is 0 Å². The molecule has 7 nitrogen and oxygen atoms in total. The molecule has 2 N–H and O–H groups in total. The van der Waals surface area contributed by atoms with E-state index >= 15 is 0 Å². The lowest BCUT2D eigenvalue weighted by Crippen LogP contribution is -2.34. The van der Waals surface area contributed by atoms with E-state index in [4.69, 9.17) is 27.9 Å². The number of carbonyl (C=O) groups is 3. The number of amides is 2. The van der Waals surface area contributed by atoms with Gasteiger partial charge in [0.05, 0.1) is 18.3 Å². The quantitative estimate of drug-likeness (QED) is 0.191. The lowest BCUT2D eigenvalue weighted by molar-refractivity contribution is -0.120. The first kappa shape index (κ1) is 24.4. The highest BCUT2D eigenvalue weighted by Crippen LogP contribution is 2.23. The highest BCUT2D eigenvalue weighted by atomic mass is 79.9. The maximum atomic E-state index is 12.4. The topological polar surface area (TPSA) is 96.9 Å². The molecule has 3 rings (SSSR count). The van der Waals surface area contributed by atoms with E-state index in [0.29, 0.717) is 26.7 Å². The first-order valence-corrected chi connectivity index (χ1v) is 11.0. The summed E-state index contributed by atoms with van der Waals surface area (Å²) in [4.78, 5) is 36.5. The van der Waals surface area contributed by atoms with Crippen molar-refractivity contribution in [2.24, 2.45) is 5.10 Å². The van der Waals surface area contributed by atoms with Gasteiger partial charge in [-0.05, 0) is 60.7 Å². The van der Waals surface area contributed by atoms with Gasteiger partial charge in [-0.25, -0.2) is 10.2 Å². The number of hydrazone groups is 1. The molecule has 0 radical (unpaired) electrons. The fraction of sp³-hybridized carbons (Fsp3) is 0.0435. The predicted octanol–water partition coefficient (Wildman–Crippen LogP) is 4.86. The van der Waals surface area contributed by atoms with Crippen LogP contribution in [0.3, 0.4) is 0 Å². The maximum Gasteiger partial charge on any atom is 0.343 e. The van der Waals surface area contributed by atoms with E-state index in [2.05, 4.69) is 31.8 Å². The lowest BCUT2D eigenvalue weighted by Gasteiger charge is -2.08. The van der Waals surface area contributed by atoms with E-state index < -0.39 is 17.8 Å². The Morgan fingerprint density at radius 1 is 0.939 bits per heavy atom. The number of rotatable bonds is 7. The Balaban J connectivity index is 1.59. The summed E-state index contributed by atoms with van der Waals surface area (Å²) in [5.74, 6) is -1.32. The van der Waals surface area contributed by atoms with Gasteiger partial charge in [0.2, 0.25) is 0 Å². The summed E-state index contributed by atoms with van der Waals surface area (Å²) < 4.78 is 6.16. The maximum absolute atomic E-state index is 12.4. The molecule has 0 saturated carbocycles. The predicted molar refractivity (Wildman–Crippen MR) is 130 cm³/mol. The van der Waals surface area contributed by atoms with E-state index in [1.54, 1.807) is 60.7 Å². The van der Waals surface area contributed by atoms with E-state index in [9.17, 15) is 14.4 Å². The molecule has 2 amide bonds. The molecule has 3 aromatic carbocycles. The van der Waals surface area contributed by atoms with Crippen molar-refractivity contribution in [2.75, 3.05) is 6.54 Å². The van der Waals surface area contributed by atoms with Crippen molar-refractivity contribution in [3.05, 3.63) is 97.9 Å². The molecule has 0 aliphatic rings. The third-order valence-corrected chi connectivity index (χ3v) is 5.12. The third kappa shape index (κ3) is 7.42. The highest BCUT2D eigenvalue weighted by Gasteiger charge is 2.12. The lowest BCUT2D eigenvalue weighted by atomic mass is 10.2. The van der Waals surface area contributed by atoms with Crippen LogP contribution in [-0.2, 0) is 4.79 Å². The Hall–Kier alpha value is -3.20. The molecular weight excluding hydrogens is 533 g/mol. The van der Waals surface area contributed by atoms with Gasteiger partial charge in [0.1, 0.15) is 5.75 Å². The van der Waals surface area contributed by atoms with Gasteiger partial charge in [0.25, 0.3) is 11.8 Å². The first-order valence-electron chi connectivity index (χ1n) is 9.45. The molecule has 0 bridgehead atoms. The van der Waals surface area contributed by atoms with Gasteiger partial charge in [0, 0.05) is 25.6 Å². The van der Waals surface area contributed by atoms with Crippen LogP contribution < -0.4 is 15.5 Å². The number of hydrogen-bond donors (Lipinski definition) is 2. The van der Waals surface area contributed by atoms with E-state index in [0.717, 1.165) is 4.47 Å². The zero-order valence-corrected chi connectivity index (χ0v) is 19.9. The molecule has 10 heteroatoms. The summed E-state index contributed by atoms with van der Waals surface area (Å²) >= 11 is 15.0. The molecule has 0 atom stereocenters. The Morgan fingerprint density at radius 2 is 1.70 bits per heavy atom. The summed E-state index contributed by atoms with van der Waals surface area (Å²) in [6.45, 7) is -0.292. The monoisotopic (exact) mass is 547 g/mol. The van der Waals surface area contributed by atoms with Crippen molar-refractivity contribution < 1.29 is 19.1 Å². The average molecular weight is 549 g/mol. The fourth-order valence-electron chi connectivity index (χ4n) is 2.56. The van der Waals surface area contributed by atoms with Gasteiger partial charge in [-0.2, -0.15) is 5.10 Å². The standard InChI is InChI=1S/C23H16BrCl2N3O4/c24-17-6-9-20(33-23(32)14-4-7-18(25)8-5-14)16(10-17)12-28-29-21(30)13-27-22(31)15-2-1-3-19(26)11-15/h1-12H,13H2,(H,27,31)(H,29,30)/b28-12+. The molecule has 0 fully saturated rings. The van der Waals surface area contributed by atoms with Crippen LogP contribution >= 0.6 is 39.1 Å². The van der Waals surface area contributed by atoms with Crippen LogP contribution in [0, 0.1) is 0 Å². The first-order chi connectivity index (χ1) is 15.8. The number of benzene rings is 3. The SMILES string of the molecule is O=C(CNC(=O)c1cccc(Cl)c1)N/N=C/c1cc(Br)ccc1OC(=O)c1ccc(Cl)cc1. The fourth-order valence-corrected chi connectivity index (χ4v) is 3.26. The van der Waals surface area contributed by atoms with Crippen molar-refractivity contribution in [3.63, 3.8) is 0 Å². The number of ether oxygens (including phenoxy) is 1. The van der Waals surface area contributed by atoms with Crippen LogP contribution in [0.2, 0.25) is 10.0 Å². The zero-order valence-electron chi connectivity index (χ0n) is 16.8. The van der Waals surface area contributed by atoms with Crippen molar-refractivity contribution in [1.82, 2.24) is 10.7 Å². The smallest absolute Gasteiger partial charge is 0.343 e. The third-order valence-electron chi connectivity index (χ3n) is 4.14. The van der Waals surface area contributed by atoms with Gasteiger partial charge < -0.3 is 10.1 Å². The Bertz CT molecular complexity index is 1220. The minimum absolute atomic E-state index is 0.241. The van der Waals surface area contributed by atoms with Crippen molar-refractivity contribution in [3.8, 4) is 5.75 Å². The number of esters is 1. The summed E-state index contributed by atoms with van der Waals surface area (Å²) in [6, 6.07) is 17.6. The van der Waals surface area contributed by atoms with Crippen LogP contribution in [0.4, 0.5) is 0 Å². The second-order valence-electron chi connectivity index (χ2n) is 6.56. The Kier molecular flexibility index (Phi) is 8.59. The largest absolute Gasteiger partial charge is 0.422 e. The molecule has 0 aromatic heterocycles. The van der Waals surface area contributed by atoms with Gasteiger partial charge in [-0.1, -0.05) is 45.2 Å². The van der Waals surface area contributed by atoms with Crippen LogP contribution in [0.1, 0.15) is 26.3 Å². The number of hydrogen-bond acceptors (Lipinski definition) is 5. The summed E-state index contributed by atoms with van der Waals surface area (Å²) in [7, 11) is 0. The van der Waals surface area contributed by atoms with Crippen LogP contribution in [-0.4, -0.2) is 30.5 Å². The zero-order chi connectivity index (χ0) is 23.8. The molecule has 168 valence electrons. The summed E-state index contributed by atoms with van der Waals surface area (Å²) in [5.41, 5.74) is 3.41. The molecule has 0 aliphatic heterocycles. The molecular formula is C23H16BrCl2N3O4. The minimum atomic E-state index is -0.573. The van der Waals surface area contributed by atoms with E-state index in [1.165, 1.54) is 12.3 Å². The molecule has 0 heterocycles. The average Bonchev–Trinajstić information content (AvgIpc) is 2.79.